The second kappa shape index (κ2) is 11.3. The van der Waals surface area contributed by atoms with E-state index in [-0.39, 0.29) is 30.1 Å². The Morgan fingerprint density at radius 2 is 2.00 bits per heavy atom. The second-order valence-corrected chi connectivity index (χ2v) is 12.5. The Morgan fingerprint density at radius 1 is 1.12 bits per heavy atom. The lowest BCUT2D eigenvalue weighted by molar-refractivity contribution is -0.576. The van der Waals surface area contributed by atoms with E-state index in [1.165, 1.54) is 0 Å². The Bertz CT molecular complexity index is 1230. The van der Waals surface area contributed by atoms with E-state index in [0.717, 1.165) is 61.8 Å². The lowest BCUT2D eigenvalue weighted by Gasteiger charge is -2.59. The summed E-state index contributed by atoms with van der Waals surface area (Å²) in [6, 6.07) is 7.68. The van der Waals surface area contributed by atoms with Crippen LogP contribution < -0.4 is 10.6 Å². The number of hydrogen-bond acceptors (Lipinski definition) is 9. The van der Waals surface area contributed by atoms with Gasteiger partial charge in [0.05, 0.1) is 11.9 Å². The predicted molar refractivity (Wildman–Crippen MR) is 150 cm³/mol. The van der Waals surface area contributed by atoms with Crippen LogP contribution in [0.1, 0.15) is 59.3 Å². The van der Waals surface area contributed by atoms with Gasteiger partial charge in [0.1, 0.15) is 0 Å². The number of ether oxygens (including phenoxy) is 3. The number of nitrogens with one attached hydrogen (secondary N) is 2. The first-order valence-corrected chi connectivity index (χ1v) is 15.1. The molecule has 2 aromatic rings. The summed E-state index contributed by atoms with van der Waals surface area (Å²) in [5, 5.41) is 8.52. The van der Waals surface area contributed by atoms with Gasteiger partial charge in [0.2, 0.25) is 12.1 Å². The minimum Gasteiger partial charge on any atom is -0.435 e. The Labute approximate surface area is 240 Å². The molecule has 1 spiro atoms. The number of nitrogens with zero attached hydrogens (tertiary/aromatic N) is 1. The van der Waals surface area contributed by atoms with Crippen LogP contribution in [0.2, 0.25) is 5.02 Å². The molecule has 4 saturated heterocycles. The standard InChI is InChI=1S/C30H40ClN3O6/c1-18-5-8-23-19(2)27(37-28-30(23)22(18)9-12-29(3,38-28)39-40-30)36-26(35)11-15-32-13-4-14-33-24-10-16-34-25-17-20(31)6-7-21(24)25/h6-7,10,16-19,22-23,27-28,32H,4-5,8-9,11-15H2,1-3H3,(H,33,34)/t18-,19-,22+,23+,27+,28?,29+,30?/m1/s1. The van der Waals surface area contributed by atoms with Gasteiger partial charge in [0.25, 0.3) is 0 Å². The quantitative estimate of drug-likeness (QED) is 0.231. The van der Waals surface area contributed by atoms with Gasteiger partial charge in [-0.3, -0.25) is 9.78 Å². The number of esters is 1. The van der Waals surface area contributed by atoms with Gasteiger partial charge in [-0.2, -0.15) is 0 Å². The number of anilines is 1. The van der Waals surface area contributed by atoms with Gasteiger partial charge < -0.3 is 24.8 Å². The zero-order chi connectivity index (χ0) is 27.9. The summed E-state index contributed by atoms with van der Waals surface area (Å²) in [7, 11) is 0. The summed E-state index contributed by atoms with van der Waals surface area (Å²) in [6.45, 7) is 8.39. The molecule has 1 saturated carbocycles. The lowest BCUT2D eigenvalue weighted by Crippen LogP contribution is -2.70. The molecule has 218 valence electrons. The number of rotatable bonds is 9. The minimum absolute atomic E-state index is 0.0239. The minimum atomic E-state index is -0.844. The average molecular weight is 574 g/mol. The number of hydrogen-bond donors (Lipinski definition) is 2. The summed E-state index contributed by atoms with van der Waals surface area (Å²) in [5.41, 5.74) is 1.25. The van der Waals surface area contributed by atoms with E-state index >= 15 is 0 Å². The first kappa shape index (κ1) is 28.1. The van der Waals surface area contributed by atoms with E-state index in [4.69, 9.17) is 35.6 Å². The third-order valence-corrected chi connectivity index (χ3v) is 9.64. The summed E-state index contributed by atoms with van der Waals surface area (Å²) < 4.78 is 18.6. The zero-order valence-electron chi connectivity index (χ0n) is 23.5. The van der Waals surface area contributed by atoms with E-state index in [0.29, 0.717) is 17.5 Å². The third kappa shape index (κ3) is 5.21. The van der Waals surface area contributed by atoms with Crippen LogP contribution in [-0.4, -0.2) is 54.6 Å². The summed E-state index contributed by atoms with van der Waals surface area (Å²) in [6.07, 6.45) is 5.48. The molecule has 2 bridgehead atoms. The van der Waals surface area contributed by atoms with E-state index in [1.807, 2.05) is 31.2 Å². The highest BCUT2D eigenvalue weighted by atomic mass is 35.5. The molecule has 4 aliphatic heterocycles. The molecule has 5 aliphatic rings. The fraction of sp³-hybridized carbons (Fsp3) is 0.667. The van der Waals surface area contributed by atoms with Crippen LogP contribution >= 0.6 is 11.6 Å². The van der Waals surface area contributed by atoms with Crippen molar-refractivity contribution < 1.29 is 28.8 Å². The number of carbonyl (C=O) groups is 1. The van der Waals surface area contributed by atoms with Crippen LogP contribution in [-0.2, 0) is 28.8 Å². The molecular weight excluding hydrogens is 534 g/mol. The molecule has 40 heavy (non-hydrogen) atoms. The van der Waals surface area contributed by atoms with Gasteiger partial charge >= 0.3 is 5.97 Å². The summed E-state index contributed by atoms with van der Waals surface area (Å²) in [5.74, 6) is -0.232. The zero-order valence-corrected chi connectivity index (χ0v) is 24.2. The normalized spacial score (nSPS) is 36.6. The maximum atomic E-state index is 12.8. The predicted octanol–water partition coefficient (Wildman–Crippen LogP) is 5.42. The van der Waals surface area contributed by atoms with Crippen molar-refractivity contribution in [2.75, 3.05) is 25.0 Å². The first-order chi connectivity index (χ1) is 19.3. The SMILES string of the molecule is C[C@H]1[C@@H](OC(=O)CCNCCCNc2ccnc3cc(Cl)ccc23)OC2O[C@]3(C)CC[C@H]4[C@H](C)CC[C@@H]1C24OO3. The average Bonchev–Trinajstić information content (AvgIpc) is 3.16. The Balaban J connectivity index is 0.963. The maximum absolute atomic E-state index is 12.8. The number of benzene rings is 1. The van der Waals surface area contributed by atoms with Crippen molar-refractivity contribution in [1.29, 1.82) is 0 Å². The highest BCUT2D eigenvalue weighted by molar-refractivity contribution is 6.31. The molecule has 1 aromatic heterocycles. The Kier molecular flexibility index (Phi) is 7.98. The number of fused-ring (bicyclic) bond motifs is 3. The van der Waals surface area contributed by atoms with Gasteiger partial charge in [-0.15, -0.1) is 0 Å². The molecule has 2 N–H and O–H groups in total. The van der Waals surface area contributed by atoms with Crippen molar-refractivity contribution in [1.82, 2.24) is 10.3 Å². The molecule has 8 atom stereocenters. The monoisotopic (exact) mass is 573 g/mol. The molecule has 1 aliphatic carbocycles. The van der Waals surface area contributed by atoms with Crippen LogP contribution in [0, 0.1) is 23.7 Å². The summed E-state index contributed by atoms with van der Waals surface area (Å²) >= 11 is 6.08. The van der Waals surface area contributed by atoms with Crippen molar-refractivity contribution in [3.8, 4) is 0 Å². The number of halogens is 1. The largest absolute Gasteiger partial charge is 0.435 e. The molecule has 9 nitrogen and oxygen atoms in total. The topological polar surface area (TPSA) is 100 Å². The van der Waals surface area contributed by atoms with Crippen LogP contribution in [0.4, 0.5) is 5.69 Å². The highest BCUT2D eigenvalue weighted by Crippen LogP contribution is 2.60. The number of aromatic nitrogens is 1. The fourth-order valence-corrected chi connectivity index (χ4v) is 7.39. The number of pyridine rings is 1. The van der Waals surface area contributed by atoms with Gasteiger partial charge in [0, 0.05) is 53.6 Å². The summed E-state index contributed by atoms with van der Waals surface area (Å²) in [4.78, 5) is 29.2. The molecule has 10 heteroatoms. The van der Waals surface area contributed by atoms with E-state index < -0.39 is 24.0 Å². The van der Waals surface area contributed by atoms with Crippen molar-refractivity contribution in [3.63, 3.8) is 0 Å². The molecule has 0 radical (unpaired) electrons. The smallest absolute Gasteiger partial charge is 0.309 e. The van der Waals surface area contributed by atoms with E-state index in [9.17, 15) is 4.79 Å². The molecule has 5 fully saturated rings. The van der Waals surface area contributed by atoms with Crippen molar-refractivity contribution in [2.24, 2.45) is 23.7 Å². The van der Waals surface area contributed by atoms with Gasteiger partial charge in [-0.05, 0) is 75.3 Å². The van der Waals surface area contributed by atoms with Crippen LogP contribution in [0.15, 0.2) is 30.5 Å². The lowest BCUT2D eigenvalue weighted by atomic mass is 9.58. The Morgan fingerprint density at radius 3 is 2.88 bits per heavy atom. The van der Waals surface area contributed by atoms with Gasteiger partial charge in [-0.25, -0.2) is 9.78 Å². The molecule has 7 rings (SSSR count). The van der Waals surface area contributed by atoms with Crippen molar-refractivity contribution >= 4 is 34.2 Å². The Hall–Kier alpha value is -2.01. The maximum Gasteiger partial charge on any atom is 0.309 e. The van der Waals surface area contributed by atoms with Crippen LogP contribution in [0.25, 0.3) is 10.9 Å². The van der Waals surface area contributed by atoms with Crippen LogP contribution in [0.3, 0.4) is 0 Å². The van der Waals surface area contributed by atoms with Crippen LogP contribution in [0.5, 0.6) is 0 Å². The van der Waals surface area contributed by atoms with Crippen molar-refractivity contribution in [3.05, 3.63) is 35.5 Å². The highest BCUT2D eigenvalue weighted by Gasteiger charge is 2.69. The second-order valence-electron chi connectivity index (χ2n) is 12.1. The number of carbonyl (C=O) groups excluding carboxylic acids is 1. The van der Waals surface area contributed by atoms with Gasteiger partial charge in [0.15, 0.2) is 11.9 Å². The first-order valence-electron chi connectivity index (χ1n) is 14.7. The molecule has 5 heterocycles. The van der Waals surface area contributed by atoms with E-state index in [2.05, 4.69) is 29.5 Å². The van der Waals surface area contributed by atoms with Gasteiger partial charge in [-0.1, -0.05) is 25.4 Å². The third-order valence-electron chi connectivity index (χ3n) is 9.40. The van der Waals surface area contributed by atoms with E-state index in [1.54, 1.807) is 6.20 Å². The fourth-order valence-electron chi connectivity index (χ4n) is 7.22. The molecular formula is C30H40ClN3O6. The molecule has 0 amide bonds. The van der Waals surface area contributed by atoms with Crippen molar-refractivity contribution in [2.45, 2.75) is 83.3 Å². The molecule has 2 unspecified atom stereocenters. The molecule has 1 aromatic carbocycles.